The van der Waals surface area contributed by atoms with Crippen LogP contribution in [-0.4, -0.2) is 33.4 Å². The van der Waals surface area contributed by atoms with Gasteiger partial charge in [-0.2, -0.15) is 0 Å². The highest BCUT2D eigenvalue weighted by atomic mass is 28.4. The van der Waals surface area contributed by atoms with E-state index in [-0.39, 0.29) is 23.0 Å². The first-order valence-electron chi connectivity index (χ1n) is 8.29. The van der Waals surface area contributed by atoms with Gasteiger partial charge in [0.15, 0.2) is 8.32 Å². The number of rotatable bonds is 10. The van der Waals surface area contributed by atoms with E-state index in [9.17, 15) is 4.79 Å². The lowest BCUT2D eigenvalue weighted by molar-refractivity contribution is -0.119. The van der Waals surface area contributed by atoms with Crippen LogP contribution in [0.3, 0.4) is 0 Å². The lowest BCUT2D eigenvalue weighted by Crippen LogP contribution is -2.45. The Hall–Kier alpha value is -0.453. The molecule has 0 heterocycles. The van der Waals surface area contributed by atoms with Gasteiger partial charge in [0.2, 0.25) is 0 Å². The third kappa shape index (κ3) is 7.70. The maximum Gasteiger partial charge on any atom is 0.192 e. The second-order valence-corrected chi connectivity index (χ2v) is 12.6. The number of ketones is 1. The Morgan fingerprint density at radius 3 is 2.09 bits per heavy atom. The second kappa shape index (κ2) is 8.99. The van der Waals surface area contributed by atoms with Crippen LogP contribution in [0.4, 0.5) is 0 Å². The van der Waals surface area contributed by atoms with Crippen molar-refractivity contribution in [3.05, 3.63) is 12.2 Å². The third-order valence-electron chi connectivity index (χ3n) is 4.66. The van der Waals surface area contributed by atoms with E-state index in [2.05, 4.69) is 47.4 Å². The summed E-state index contributed by atoms with van der Waals surface area (Å²) in [7, 11) is -0.176. The van der Waals surface area contributed by atoms with E-state index >= 15 is 0 Å². The Balaban J connectivity index is 5.04. The minimum absolute atomic E-state index is 0.0723. The highest BCUT2D eigenvalue weighted by Gasteiger charge is 2.39. The Kier molecular flexibility index (Phi) is 8.81. The van der Waals surface area contributed by atoms with Gasteiger partial charge in [0.05, 0.1) is 12.2 Å². The molecule has 0 fully saturated rings. The van der Waals surface area contributed by atoms with Crippen molar-refractivity contribution >= 4 is 14.1 Å². The van der Waals surface area contributed by atoms with E-state index in [0.29, 0.717) is 6.42 Å². The predicted octanol–water partition coefficient (Wildman–Crippen LogP) is 5.12. The van der Waals surface area contributed by atoms with Crippen LogP contribution in [0, 0.1) is 0 Å². The summed E-state index contributed by atoms with van der Waals surface area (Å²) in [5.74, 6) is 0.159. The van der Waals surface area contributed by atoms with Gasteiger partial charge in [-0.3, -0.25) is 4.79 Å². The molecule has 130 valence electrons. The number of carbonyl (C=O) groups excluding carboxylic acids is 1. The van der Waals surface area contributed by atoms with E-state index in [4.69, 9.17) is 9.16 Å². The van der Waals surface area contributed by atoms with Crippen LogP contribution in [0.25, 0.3) is 0 Å². The first-order valence-corrected chi connectivity index (χ1v) is 11.2. The number of hydrogen-bond donors (Lipinski definition) is 0. The maximum atomic E-state index is 11.4. The fourth-order valence-electron chi connectivity index (χ4n) is 2.11. The van der Waals surface area contributed by atoms with Gasteiger partial charge >= 0.3 is 0 Å². The normalized spacial score (nSPS) is 15.5. The van der Waals surface area contributed by atoms with Gasteiger partial charge in [-0.15, -0.1) is 0 Å². The first kappa shape index (κ1) is 21.5. The summed E-state index contributed by atoms with van der Waals surface area (Å²) in [6.45, 7) is 19.1. The van der Waals surface area contributed by atoms with Gasteiger partial charge in [-0.25, -0.2) is 0 Å². The van der Waals surface area contributed by atoms with E-state index in [0.717, 1.165) is 19.3 Å². The van der Waals surface area contributed by atoms with Crippen molar-refractivity contribution in [2.45, 2.75) is 90.6 Å². The Bertz CT molecular complexity index is 369. The molecule has 4 heteroatoms. The van der Waals surface area contributed by atoms with Crippen LogP contribution >= 0.6 is 0 Å². The molecular formula is C18H36O3Si. The second-order valence-electron chi connectivity index (χ2n) is 7.81. The van der Waals surface area contributed by atoms with E-state index in [1.165, 1.54) is 5.57 Å². The molecule has 3 nitrogen and oxygen atoms in total. The minimum atomic E-state index is -1.85. The van der Waals surface area contributed by atoms with Crippen molar-refractivity contribution in [3.63, 3.8) is 0 Å². The van der Waals surface area contributed by atoms with Gasteiger partial charge in [-0.05, 0) is 44.3 Å². The summed E-state index contributed by atoms with van der Waals surface area (Å²) in [6, 6.07) is 0. The minimum Gasteiger partial charge on any atom is -0.414 e. The molecule has 0 bridgehead atoms. The predicted molar refractivity (Wildman–Crippen MR) is 96.8 cm³/mol. The number of Topliss-reactive ketones (excluding diaryl/α,β-unsaturated/α-hetero) is 1. The van der Waals surface area contributed by atoms with Gasteiger partial charge in [-0.1, -0.05) is 39.8 Å². The Morgan fingerprint density at radius 1 is 1.18 bits per heavy atom. The average Bonchev–Trinajstić information content (AvgIpc) is 2.35. The number of ether oxygens (including phenoxy) is 1. The molecule has 0 saturated heterocycles. The molecule has 0 aliphatic heterocycles. The monoisotopic (exact) mass is 328 g/mol. The molecule has 0 unspecified atom stereocenters. The standard InChI is InChI=1S/C18H36O3Si/c1-10-14(2)11-17(13-16(20-7)12-15(3)19)21-22(8,9)18(4,5)6/h16-17H,2,10-13H2,1,3-9H3/t16-,17-/m1/s1. The van der Waals surface area contributed by atoms with Crippen molar-refractivity contribution in [1.29, 1.82) is 0 Å². The van der Waals surface area contributed by atoms with Crippen LogP contribution in [0.2, 0.25) is 18.1 Å². The van der Waals surface area contributed by atoms with Gasteiger partial charge in [0, 0.05) is 13.5 Å². The molecule has 0 aliphatic rings. The lowest BCUT2D eigenvalue weighted by Gasteiger charge is -2.40. The molecule has 0 amide bonds. The zero-order chi connectivity index (χ0) is 17.6. The number of hydrogen-bond acceptors (Lipinski definition) is 3. The quantitative estimate of drug-likeness (QED) is 0.412. The molecule has 0 radical (unpaired) electrons. The molecule has 0 N–H and O–H groups in total. The SMILES string of the molecule is C=C(CC)C[C@H](C[C@@H](CC(C)=O)OC)O[Si](C)(C)C(C)(C)C. The zero-order valence-corrected chi connectivity index (χ0v) is 16.9. The van der Waals surface area contributed by atoms with E-state index < -0.39 is 8.32 Å². The highest BCUT2D eigenvalue weighted by Crippen LogP contribution is 2.38. The van der Waals surface area contributed by atoms with Crippen molar-refractivity contribution in [3.8, 4) is 0 Å². The van der Waals surface area contributed by atoms with Crippen molar-refractivity contribution in [2.24, 2.45) is 0 Å². The van der Waals surface area contributed by atoms with E-state index in [1.54, 1.807) is 14.0 Å². The average molecular weight is 329 g/mol. The van der Waals surface area contributed by atoms with Gasteiger partial charge in [0.1, 0.15) is 5.78 Å². The third-order valence-corrected chi connectivity index (χ3v) is 9.19. The summed E-state index contributed by atoms with van der Waals surface area (Å²) in [5, 5.41) is 0.169. The van der Waals surface area contributed by atoms with E-state index in [1.807, 2.05) is 0 Å². The molecule has 0 saturated carbocycles. The summed E-state index contributed by atoms with van der Waals surface area (Å²) < 4.78 is 12.1. The molecule has 0 aromatic carbocycles. The molecular weight excluding hydrogens is 292 g/mol. The topological polar surface area (TPSA) is 35.5 Å². The summed E-state index contributed by atoms with van der Waals surface area (Å²) in [5.41, 5.74) is 1.20. The molecule has 0 aromatic heterocycles. The van der Waals surface area contributed by atoms with Crippen LogP contribution in [0.15, 0.2) is 12.2 Å². The summed E-state index contributed by atoms with van der Waals surface area (Å²) in [4.78, 5) is 11.4. The fourth-order valence-corrected chi connectivity index (χ4v) is 3.48. The summed E-state index contributed by atoms with van der Waals surface area (Å²) >= 11 is 0. The van der Waals surface area contributed by atoms with Crippen LogP contribution < -0.4 is 0 Å². The first-order chi connectivity index (χ1) is 9.92. The Morgan fingerprint density at radius 2 is 1.73 bits per heavy atom. The van der Waals surface area contributed by atoms with Crippen molar-refractivity contribution < 1.29 is 14.0 Å². The lowest BCUT2D eigenvalue weighted by atomic mass is 10.0. The highest BCUT2D eigenvalue weighted by molar-refractivity contribution is 6.74. The Labute approximate surface area is 138 Å². The van der Waals surface area contributed by atoms with Gasteiger partial charge in [0.25, 0.3) is 0 Å². The van der Waals surface area contributed by atoms with Crippen LogP contribution in [0.5, 0.6) is 0 Å². The number of methoxy groups -OCH3 is 1. The van der Waals surface area contributed by atoms with Crippen molar-refractivity contribution in [1.82, 2.24) is 0 Å². The van der Waals surface area contributed by atoms with Crippen LogP contribution in [-0.2, 0) is 14.0 Å². The van der Waals surface area contributed by atoms with Crippen molar-refractivity contribution in [2.75, 3.05) is 7.11 Å². The summed E-state index contributed by atoms with van der Waals surface area (Å²) in [6.07, 6.45) is 3.02. The maximum absolute atomic E-state index is 11.4. The molecule has 2 atom stereocenters. The molecule has 0 aromatic rings. The number of carbonyl (C=O) groups is 1. The van der Waals surface area contributed by atoms with Gasteiger partial charge < -0.3 is 9.16 Å². The fraction of sp³-hybridized carbons (Fsp3) is 0.833. The molecule has 0 spiro atoms. The molecule has 0 rings (SSSR count). The molecule has 22 heavy (non-hydrogen) atoms. The zero-order valence-electron chi connectivity index (χ0n) is 15.9. The largest absolute Gasteiger partial charge is 0.414 e. The molecule has 0 aliphatic carbocycles. The van der Waals surface area contributed by atoms with Crippen LogP contribution in [0.1, 0.15) is 60.3 Å². The smallest absolute Gasteiger partial charge is 0.192 e.